The molecule has 27 heavy (non-hydrogen) atoms. The fourth-order valence-electron chi connectivity index (χ4n) is 1.96. The number of unbranched alkanes of at least 4 members (excludes halogenated alkanes) is 1. The largest absolute Gasteiger partial charge is 0.481 e. The van der Waals surface area contributed by atoms with Crippen LogP contribution in [0.4, 0.5) is 0 Å². The molecular weight excluding hydrogens is 395 g/mol. The number of ether oxygens (including phenoxy) is 3. The molecule has 0 saturated heterocycles. The van der Waals surface area contributed by atoms with E-state index in [9.17, 15) is 14.4 Å². The van der Waals surface area contributed by atoms with Crippen molar-refractivity contribution in [2.75, 3.05) is 53.2 Å². The Bertz CT molecular complexity index is 411. The van der Waals surface area contributed by atoms with Gasteiger partial charge in [0.2, 0.25) is 11.8 Å². The predicted octanol–water partition coefficient (Wildman–Crippen LogP) is 0.177. The molecule has 0 aromatic rings. The van der Waals surface area contributed by atoms with E-state index in [0.717, 1.165) is 12.8 Å². The second-order valence-electron chi connectivity index (χ2n) is 5.71. The van der Waals surface area contributed by atoms with Crippen LogP contribution in [0.15, 0.2) is 0 Å². The van der Waals surface area contributed by atoms with Crippen LogP contribution in [0.2, 0.25) is 0 Å². The monoisotopic (exact) mass is 427 g/mol. The molecule has 0 rings (SSSR count). The van der Waals surface area contributed by atoms with E-state index in [0.29, 0.717) is 33.0 Å². The van der Waals surface area contributed by atoms with Crippen LogP contribution in [0.3, 0.4) is 0 Å². The second-order valence-corrected chi connectivity index (χ2v) is 5.71. The topological polar surface area (TPSA) is 123 Å². The van der Waals surface area contributed by atoms with E-state index in [1.165, 1.54) is 0 Å². The third kappa shape index (κ3) is 18.0. The first-order valence-corrected chi connectivity index (χ1v) is 8.91. The summed E-state index contributed by atoms with van der Waals surface area (Å²) in [4.78, 5) is 34.7. The van der Waals surface area contributed by atoms with Crippen LogP contribution in [-0.2, 0) is 47.1 Å². The Labute approximate surface area is 172 Å². The molecule has 0 aliphatic carbocycles. The fourth-order valence-corrected chi connectivity index (χ4v) is 1.96. The van der Waals surface area contributed by atoms with Gasteiger partial charge in [-0.05, 0) is 6.42 Å². The normalized spacial score (nSPS) is 11.3. The number of nitrogens with one attached hydrogen (secondary N) is 2. The molecule has 2 amide bonds. The molecule has 0 aromatic heterocycles. The van der Waals surface area contributed by atoms with Gasteiger partial charge in [-0.1, -0.05) is 13.3 Å². The molecule has 0 aromatic carbocycles. The Morgan fingerprint density at radius 2 is 1.63 bits per heavy atom. The minimum absolute atomic E-state index is 0. The number of carbonyl (C=O) groups is 3. The SMILES string of the molecule is CCCCNC(=O)C(CNC(=O)CCOCCOCCOC)CC(=O)O.[V]. The summed E-state index contributed by atoms with van der Waals surface area (Å²) in [5.74, 6) is -2.51. The fraction of sp³-hybridized carbons (Fsp3) is 0.824. The zero-order valence-electron chi connectivity index (χ0n) is 16.2. The van der Waals surface area contributed by atoms with Gasteiger partial charge in [-0.25, -0.2) is 0 Å². The number of amides is 2. The van der Waals surface area contributed by atoms with Gasteiger partial charge in [-0.3, -0.25) is 14.4 Å². The summed E-state index contributed by atoms with van der Waals surface area (Å²) < 4.78 is 15.3. The van der Waals surface area contributed by atoms with Gasteiger partial charge in [0, 0.05) is 45.2 Å². The Hall–Kier alpha value is -1.13. The average Bonchev–Trinajstić information content (AvgIpc) is 2.60. The number of rotatable bonds is 17. The second kappa shape index (κ2) is 19.6. The summed E-state index contributed by atoms with van der Waals surface area (Å²) in [6.07, 6.45) is 1.56. The molecule has 0 saturated carbocycles. The van der Waals surface area contributed by atoms with Crippen molar-refractivity contribution >= 4 is 17.8 Å². The van der Waals surface area contributed by atoms with Crippen molar-refractivity contribution in [3.8, 4) is 0 Å². The molecule has 0 heterocycles. The molecule has 9 nitrogen and oxygen atoms in total. The Morgan fingerprint density at radius 3 is 2.22 bits per heavy atom. The smallest absolute Gasteiger partial charge is 0.304 e. The quantitative estimate of drug-likeness (QED) is 0.283. The van der Waals surface area contributed by atoms with Crippen molar-refractivity contribution in [3.05, 3.63) is 0 Å². The van der Waals surface area contributed by atoms with Gasteiger partial charge < -0.3 is 30.0 Å². The first-order chi connectivity index (χ1) is 12.5. The zero-order chi connectivity index (χ0) is 19.6. The number of methoxy groups -OCH3 is 1. The van der Waals surface area contributed by atoms with E-state index < -0.39 is 11.9 Å². The first kappa shape index (κ1) is 28.1. The maximum atomic E-state index is 12.0. The van der Waals surface area contributed by atoms with Gasteiger partial charge in [0.25, 0.3) is 0 Å². The molecule has 1 unspecified atom stereocenters. The van der Waals surface area contributed by atoms with Crippen molar-refractivity contribution < 1.29 is 52.3 Å². The summed E-state index contributed by atoms with van der Waals surface area (Å²) in [6.45, 7) is 4.52. The summed E-state index contributed by atoms with van der Waals surface area (Å²) >= 11 is 0. The van der Waals surface area contributed by atoms with Crippen LogP contribution in [0.1, 0.15) is 32.6 Å². The van der Waals surface area contributed by atoms with Crippen LogP contribution in [0, 0.1) is 5.92 Å². The minimum atomic E-state index is -1.08. The molecule has 0 fully saturated rings. The third-order valence-corrected chi connectivity index (χ3v) is 3.44. The Morgan fingerprint density at radius 1 is 1.00 bits per heavy atom. The zero-order valence-corrected chi connectivity index (χ0v) is 17.6. The summed E-state index contributed by atoms with van der Waals surface area (Å²) in [7, 11) is 1.59. The minimum Gasteiger partial charge on any atom is -0.481 e. The third-order valence-electron chi connectivity index (χ3n) is 3.44. The van der Waals surface area contributed by atoms with Crippen LogP contribution in [0.25, 0.3) is 0 Å². The van der Waals surface area contributed by atoms with E-state index in [1.54, 1.807) is 7.11 Å². The van der Waals surface area contributed by atoms with Gasteiger partial charge in [-0.2, -0.15) is 0 Å². The Kier molecular flexibility index (Phi) is 20.4. The molecule has 0 aliphatic rings. The molecule has 3 N–H and O–H groups in total. The predicted molar refractivity (Wildman–Crippen MR) is 94.8 cm³/mol. The average molecular weight is 427 g/mol. The van der Waals surface area contributed by atoms with Crippen molar-refractivity contribution in [3.63, 3.8) is 0 Å². The summed E-state index contributed by atoms with van der Waals surface area (Å²) in [6, 6.07) is 0. The van der Waals surface area contributed by atoms with Crippen LogP contribution in [0.5, 0.6) is 0 Å². The number of carbonyl (C=O) groups excluding carboxylic acids is 2. The van der Waals surface area contributed by atoms with Crippen LogP contribution < -0.4 is 10.6 Å². The molecule has 0 aliphatic heterocycles. The van der Waals surface area contributed by atoms with E-state index in [1.807, 2.05) is 6.92 Å². The number of hydrogen-bond acceptors (Lipinski definition) is 6. The Balaban J connectivity index is 0. The van der Waals surface area contributed by atoms with Gasteiger partial charge in [-0.15, -0.1) is 0 Å². The molecule has 0 spiro atoms. The number of carboxylic acids is 1. The maximum absolute atomic E-state index is 12.0. The van der Waals surface area contributed by atoms with Crippen molar-refractivity contribution in [1.82, 2.24) is 10.6 Å². The maximum Gasteiger partial charge on any atom is 0.304 e. The van der Waals surface area contributed by atoms with Gasteiger partial charge in [0.15, 0.2) is 0 Å². The number of aliphatic carboxylic acids is 1. The molecular formula is C17H32N2O7V. The first-order valence-electron chi connectivity index (χ1n) is 8.91. The van der Waals surface area contributed by atoms with Crippen LogP contribution in [-0.4, -0.2) is 76.1 Å². The number of hydrogen-bond donors (Lipinski definition) is 3. The molecule has 10 heteroatoms. The molecule has 0 bridgehead atoms. The van der Waals surface area contributed by atoms with E-state index in [2.05, 4.69) is 10.6 Å². The van der Waals surface area contributed by atoms with Gasteiger partial charge >= 0.3 is 5.97 Å². The molecule has 157 valence electrons. The van der Waals surface area contributed by atoms with Crippen molar-refractivity contribution in [1.29, 1.82) is 0 Å². The summed E-state index contributed by atoms with van der Waals surface area (Å²) in [5.41, 5.74) is 0. The van der Waals surface area contributed by atoms with Crippen molar-refractivity contribution in [2.24, 2.45) is 5.92 Å². The van der Waals surface area contributed by atoms with E-state index >= 15 is 0 Å². The standard InChI is InChI=1S/C17H32N2O7.V/c1-3-4-6-18-17(23)14(12-16(21)22)13-19-15(20)5-7-25-10-11-26-9-8-24-2;/h14H,3-13H2,1-2H3,(H,18,23)(H,19,20)(H,21,22);. The number of carboxylic acid groups (broad SMARTS) is 1. The summed E-state index contributed by atoms with van der Waals surface area (Å²) in [5, 5.41) is 14.2. The van der Waals surface area contributed by atoms with Gasteiger partial charge in [0.05, 0.1) is 45.4 Å². The van der Waals surface area contributed by atoms with E-state index in [4.69, 9.17) is 19.3 Å². The molecule has 1 atom stereocenters. The van der Waals surface area contributed by atoms with Crippen LogP contribution >= 0.6 is 0 Å². The van der Waals surface area contributed by atoms with Crippen molar-refractivity contribution in [2.45, 2.75) is 32.6 Å². The van der Waals surface area contributed by atoms with E-state index in [-0.39, 0.29) is 56.4 Å². The van der Waals surface area contributed by atoms with Gasteiger partial charge in [0.1, 0.15) is 0 Å². The molecule has 1 radical (unpaired) electrons.